The second-order valence-corrected chi connectivity index (χ2v) is 8.12. The molecule has 27 heavy (non-hydrogen) atoms. The number of aryl methyl sites for hydroxylation is 2. The van der Waals surface area contributed by atoms with E-state index in [4.69, 9.17) is 11.6 Å². The predicted octanol–water partition coefficient (Wildman–Crippen LogP) is 3.36. The van der Waals surface area contributed by atoms with Gasteiger partial charge in [-0.05, 0) is 43.9 Å². The Bertz CT molecular complexity index is 1010. The topological polar surface area (TPSA) is 72.2 Å². The molecule has 2 heterocycles. The Balaban J connectivity index is 1.57. The highest BCUT2D eigenvalue weighted by atomic mass is 35.5. The van der Waals surface area contributed by atoms with E-state index in [1.54, 1.807) is 4.52 Å². The molecule has 3 aromatic rings. The van der Waals surface area contributed by atoms with Gasteiger partial charge >= 0.3 is 0 Å². The molecule has 6 nitrogen and oxygen atoms in total. The van der Waals surface area contributed by atoms with Gasteiger partial charge in [-0.3, -0.25) is 4.79 Å². The van der Waals surface area contributed by atoms with Gasteiger partial charge < -0.3 is 5.32 Å². The van der Waals surface area contributed by atoms with Gasteiger partial charge in [0, 0.05) is 28.9 Å². The summed E-state index contributed by atoms with van der Waals surface area (Å²) < 4.78 is 1.75. The van der Waals surface area contributed by atoms with Crippen LogP contribution in [0.2, 0.25) is 5.02 Å². The molecule has 4 rings (SSSR count). The number of nitrogens with zero attached hydrogens (tertiary/aromatic N) is 4. The monoisotopic (exact) mass is 401 g/mol. The van der Waals surface area contributed by atoms with Crippen LogP contribution < -0.4 is 5.32 Å². The molecule has 1 N–H and O–H groups in total. The Labute approximate surface area is 166 Å². The van der Waals surface area contributed by atoms with Crippen LogP contribution in [-0.2, 0) is 11.2 Å². The van der Waals surface area contributed by atoms with Crippen molar-refractivity contribution >= 4 is 35.0 Å². The first-order valence-corrected chi connectivity index (χ1v) is 10.3. The molecule has 1 amide bonds. The number of carbonyl (C=O) groups is 1. The maximum atomic E-state index is 11.9. The highest BCUT2D eigenvalue weighted by Gasteiger charge is 2.23. The molecule has 0 bridgehead atoms. The first-order valence-electron chi connectivity index (χ1n) is 8.89. The summed E-state index contributed by atoms with van der Waals surface area (Å²) in [5.74, 6) is 0.900. The highest BCUT2D eigenvalue weighted by Crippen LogP contribution is 2.24. The summed E-state index contributed by atoms with van der Waals surface area (Å²) in [6.07, 6.45) is 2.85. The van der Waals surface area contributed by atoms with Crippen molar-refractivity contribution in [3.05, 3.63) is 51.8 Å². The summed E-state index contributed by atoms with van der Waals surface area (Å²) >= 11 is 7.65. The van der Waals surface area contributed by atoms with Gasteiger partial charge in [0.15, 0.2) is 0 Å². The van der Waals surface area contributed by atoms with Crippen LogP contribution in [0.4, 0.5) is 0 Å². The third-order valence-corrected chi connectivity index (χ3v) is 5.84. The fourth-order valence-electron chi connectivity index (χ4n) is 2.97. The number of hydrogen-bond acceptors (Lipinski definition) is 5. The summed E-state index contributed by atoms with van der Waals surface area (Å²) in [5.41, 5.74) is 4.04. The fraction of sp³-hybridized carbons (Fsp3) is 0.368. The van der Waals surface area contributed by atoms with E-state index in [2.05, 4.69) is 20.4 Å². The van der Waals surface area contributed by atoms with Crippen molar-refractivity contribution in [1.29, 1.82) is 0 Å². The number of carbonyl (C=O) groups excluding carboxylic acids is 1. The second-order valence-electron chi connectivity index (χ2n) is 6.77. The van der Waals surface area contributed by atoms with Gasteiger partial charge in [0.25, 0.3) is 5.78 Å². The van der Waals surface area contributed by atoms with Gasteiger partial charge in [0.2, 0.25) is 11.1 Å². The molecule has 140 valence electrons. The number of rotatable bonds is 6. The molecule has 0 saturated heterocycles. The second kappa shape index (κ2) is 7.48. The van der Waals surface area contributed by atoms with Crippen LogP contribution in [0.15, 0.2) is 29.4 Å². The van der Waals surface area contributed by atoms with Crippen LogP contribution in [-0.4, -0.2) is 37.3 Å². The predicted molar refractivity (Wildman–Crippen MR) is 106 cm³/mol. The summed E-state index contributed by atoms with van der Waals surface area (Å²) in [6.45, 7) is 3.99. The number of nitrogens with one attached hydrogen (secondary N) is 1. The molecule has 1 aliphatic rings. The Kier molecular flexibility index (Phi) is 5.06. The number of fused-ring (bicyclic) bond motifs is 1. The Morgan fingerprint density at radius 2 is 2.07 bits per heavy atom. The Morgan fingerprint density at radius 1 is 1.30 bits per heavy atom. The zero-order valence-electron chi connectivity index (χ0n) is 15.2. The maximum Gasteiger partial charge on any atom is 0.253 e. The lowest BCUT2D eigenvalue weighted by atomic mass is 10.0. The smallest absolute Gasteiger partial charge is 0.253 e. The van der Waals surface area contributed by atoms with E-state index in [0.29, 0.717) is 29.1 Å². The van der Waals surface area contributed by atoms with Gasteiger partial charge in [-0.15, -0.1) is 5.10 Å². The molecule has 2 aromatic heterocycles. The fourth-order valence-corrected chi connectivity index (χ4v) is 3.80. The largest absolute Gasteiger partial charge is 0.353 e. The molecule has 1 aromatic carbocycles. The van der Waals surface area contributed by atoms with E-state index in [1.807, 2.05) is 38.1 Å². The molecule has 1 aliphatic carbocycles. The van der Waals surface area contributed by atoms with E-state index >= 15 is 0 Å². The molecule has 1 fully saturated rings. The van der Waals surface area contributed by atoms with Crippen molar-refractivity contribution in [3.63, 3.8) is 0 Å². The third-order valence-electron chi connectivity index (χ3n) is 4.63. The standard InChI is InChI=1S/C19H20ClN5OS/c1-11-15(9-13-5-3-4-6-16(13)20)12(2)25-18(21-11)23-19(24-25)27-10-17(26)22-14-7-8-14/h3-6,14H,7-10H2,1-2H3,(H,22,26). The minimum Gasteiger partial charge on any atom is -0.353 e. The minimum absolute atomic E-state index is 0.0293. The number of hydrogen-bond donors (Lipinski definition) is 1. The van der Waals surface area contributed by atoms with Gasteiger partial charge in [-0.25, -0.2) is 9.50 Å². The molecular weight excluding hydrogens is 382 g/mol. The summed E-state index contributed by atoms with van der Waals surface area (Å²) in [6, 6.07) is 8.19. The zero-order chi connectivity index (χ0) is 19.0. The van der Waals surface area contributed by atoms with E-state index in [-0.39, 0.29) is 5.91 Å². The van der Waals surface area contributed by atoms with Crippen LogP contribution in [0.5, 0.6) is 0 Å². The van der Waals surface area contributed by atoms with Crippen molar-refractivity contribution in [3.8, 4) is 0 Å². The van der Waals surface area contributed by atoms with Crippen molar-refractivity contribution in [2.24, 2.45) is 0 Å². The molecular formula is C19H20ClN5OS. The van der Waals surface area contributed by atoms with E-state index in [0.717, 1.165) is 40.4 Å². The average Bonchev–Trinajstić information content (AvgIpc) is 3.35. The van der Waals surface area contributed by atoms with E-state index < -0.39 is 0 Å². The molecule has 0 aliphatic heterocycles. The number of benzene rings is 1. The zero-order valence-corrected chi connectivity index (χ0v) is 16.8. The highest BCUT2D eigenvalue weighted by molar-refractivity contribution is 7.99. The van der Waals surface area contributed by atoms with Crippen LogP contribution >= 0.6 is 23.4 Å². The average molecular weight is 402 g/mol. The lowest BCUT2D eigenvalue weighted by Gasteiger charge is -2.11. The summed E-state index contributed by atoms with van der Waals surface area (Å²) in [4.78, 5) is 20.9. The molecule has 0 radical (unpaired) electrons. The van der Waals surface area contributed by atoms with Crippen molar-refractivity contribution in [2.45, 2.75) is 44.3 Å². The normalized spacial score (nSPS) is 13.9. The lowest BCUT2D eigenvalue weighted by molar-refractivity contribution is -0.118. The first-order chi connectivity index (χ1) is 13.0. The third kappa shape index (κ3) is 4.09. The number of halogens is 1. The SMILES string of the molecule is Cc1nc2nc(SCC(=O)NC3CC3)nn2c(C)c1Cc1ccccc1Cl. The summed E-state index contributed by atoms with van der Waals surface area (Å²) in [5, 5.41) is 8.81. The van der Waals surface area contributed by atoms with E-state index in [1.165, 1.54) is 11.8 Å². The molecule has 1 saturated carbocycles. The van der Waals surface area contributed by atoms with Gasteiger partial charge in [-0.2, -0.15) is 4.98 Å². The number of thioether (sulfide) groups is 1. The van der Waals surface area contributed by atoms with Crippen molar-refractivity contribution in [1.82, 2.24) is 24.9 Å². The molecule has 8 heteroatoms. The lowest BCUT2D eigenvalue weighted by Crippen LogP contribution is -2.27. The van der Waals surface area contributed by atoms with Gasteiger partial charge in [0.05, 0.1) is 5.75 Å². The summed E-state index contributed by atoms with van der Waals surface area (Å²) in [7, 11) is 0. The Hall–Kier alpha value is -2.12. The molecule has 0 atom stereocenters. The van der Waals surface area contributed by atoms with E-state index in [9.17, 15) is 4.79 Å². The first kappa shape index (κ1) is 18.3. The van der Waals surface area contributed by atoms with Gasteiger partial charge in [0.1, 0.15) is 0 Å². The quantitative estimate of drug-likeness (QED) is 0.641. The van der Waals surface area contributed by atoms with Crippen molar-refractivity contribution in [2.75, 3.05) is 5.75 Å². The number of amides is 1. The van der Waals surface area contributed by atoms with Crippen LogP contribution in [0.3, 0.4) is 0 Å². The van der Waals surface area contributed by atoms with Crippen molar-refractivity contribution < 1.29 is 4.79 Å². The number of aromatic nitrogens is 4. The molecule has 0 spiro atoms. The van der Waals surface area contributed by atoms with Gasteiger partial charge in [-0.1, -0.05) is 41.6 Å². The Morgan fingerprint density at radius 3 is 2.81 bits per heavy atom. The van der Waals surface area contributed by atoms with Crippen LogP contribution in [0, 0.1) is 13.8 Å². The van der Waals surface area contributed by atoms with Crippen LogP contribution in [0.1, 0.15) is 35.4 Å². The van der Waals surface area contributed by atoms with Crippen LogP contribution in [0.25, 0.3) is 5.78 Å². The minimum atomic E-state index is 0.0293. The molecule has 0 unspecified atom stereocenters. The maximum absolute atomic E-state index is 11.9.